The molecule has 0 bridgehead atoms. The van der Waals surface area contributed by atoms with E-state index in [4.69, 9.17) is 0 Å². The molecule has 98 valence electrons. The van der Waals surface area contributed by atoms with Gasteiger partial charge in [0.2, 0.25) is 0 Å². The van der Waals surface area contributed by atoms with E-state index in [1.54, 1.807) is 0 Å². The molecule has 1 aliphatic heterocycles. The zero-order valence-electron chi connectivity index (χ0n) is 11.5. The van der Waals surface area contributed by atoms with Gasteiger partial charge in [0, 0.05) is 24.7 Å². The van der Waals surface area contributed by atoms with Crippen molar-refractivity contribution in [1.82, 2.24) is 10.2 Å². The molecule has 1 aliphatic rings. The molecule has 1 unspecified atom stereocenters. The Morgan fingerprint density at radius 2 is 2.00 bits per heavy atom. The lowest BCUT2D eigenvalue weighted by Gasteiger charge is -2.25. The molecule has 18 heavy (non-hydrogen) atoms. The van der Waals surface area contributed by atoms with Crippen LogP contribution in [-0.4, -0.2) is 37.0 Å². The van der Waals surface area contributed by atoms with Crippen LogP contribution in [0.3, 0.4) is 0 Å². The van der Waals surface area contributed by atoms with Gasteiger partial charge < -0.3 is 10.2 Å². The van der Waals surface area contributed by atoms with Gasteiger partial charge in [-0.3, -0.25) is 4.79 Å². The summed E-state index contributed by atoms with van der Waals surface area (Å²) in [6.45, 7) is 5.85. The van der Waals surface area contributed by atoms with Gasteiger partial charge in [-0.05, 0) is 45.9 Å². The van der Waals surface area contributed by atoms with E-state index >= 15 is 0 Å². The van der Waals surface area contributed by atoms with Crippen LogP contribution in [0.4, 0.5) is 0 Å². The summed E-state index contributed by atoms with van der Waals surface area (Å²) in [7, 11) is 1.94. The van der Waals surface area contributed by atoms with Crippen molar-refractivity contribution in [1.29, 1.82) is 0 Å². The van der Waals surface area contributed by atoms with E-state index in [1.165, 1.54) is 0 Å². The van der Waals surface area contributed by atoms with E-state index in [1.807, 2.05) is 37.9 Å². The van der Waals surface area contributed by atoms with Gasteiger partial charge >= 0.3 is 0 Å². The van der Waals surface area contributed by atoms with E-state index in [9.17, 15) is 4.79 Å². The largest absolute Gasteiger partial charge is 0.334 e. The van der Waals surface area contributed by atoms with Crippen molar-refractivity contribution in [3.8, 4) is 0 Å². The van der Waals surface area contributed by atoms with Crippen LogP contribution in [0.15, 0.2) is 18.2 Å². The summed E-state index contributed by atoms with van der Waals surface area (Å²) in [5.41, 5.74) is 3.14. The summed E-state index contributed by atoms with van der Waals surface area (Å²) in [5, 5.41) is 3.17. The predicted molar refractivity (Wildman–Crippen MR) is 73.9 cm³/mol. The highest BCUT2D eigenvalue weighted by Crippen LogP contribution is 2.20. The van der Waals surface area contributed by atoms with Crippen LogP contribution < -0.4 is 5.32 Å². The van der Waals surface area contributed by atoms with Crippen LogP contribution >= 0.6 is 0 Å². The standard InChI is InChI=1S/C15H22N2O/c1-11-7-12(2)9-13(8-11)15(18)17-6-4-5-14(17)10-16-3/h7-9,14,16H,4-6,10H2,1-3H3. The molecule has 2 rings (SSSR count). The summed E-state index contributed by atoms with van der Waals surface area (Å²) in [5.74, 6) is 0.180. The third kappa shape index (κ3) is 2.72. The lowest BCUT2D eigenvalue weighted by molar-refractivity contribution is 0.0737. The first kappa shape index (κ1) is 13.1. The number of benzene rings is 1. The van der Waals surface area contributed by atoms with Crippen LogP contribution in [0, 0.1) is 13.8 Å². The molecule has 3 nitrogen and oxygen atoms in total. The fraction of sp³-hybridized carbons (Fsp3) is 0.533. The number of carbonyl (C=O) groups is 1. The molecule has 1 amide bonds. The van der Waals surface area contributed by atoms with Gasteiger partial charge in [-0.1, -0.05) is 17.2 Å². The summed E-state index contributed by atoms with van der Waals surface area (Å²) < 4.78 is 0. The lowest BCUT2D eigenvalue weighted by Crippen LogP contribution is -2.40. The quantitative estimate of drug-likeness (QED) is 0.886. The minimum atomic E-state index is 0.180. The van der Waals surface area contributed by atoms with Gasteiger partial charge in [-0.25, -0.2) is 0 Å². The number of amides is 1. The van der Waals surface area contributed by atoms with E-state index in [2.05, 4.69) is 11.4 Å². The second-order valence-corrected chi connectivity index (χ2v) is 5.23. The Morgan fingerprint density at radius 3 is 2.61 bits per heavy atom. The average Bonchev–Trinajstić information content (AvgIpc) is 2.75. The van der Waals surface area contributed by atoms with Crippen LogP contribution in [-0.2, 0) is 0 Å². The number of hydrogen-bond donors (Lipinski definition) is 1. The maximum absolute atomic E-state index is 12.5. The molecule has 1 atom stereocenters. The molecule has 1 saturated heterocycles. The van der Waals surface area contributed by atoms with Crippen molar-refractivity contribution >= 4 is 5.91 Å². The second kappa shape index (κ2) is 5.53. The van der Waals surface area contributed by atoms with E-state index < -0.39 is 0 Å². The Bertz CT molecular complexity index is 422. The number of nitrogens with one attached hydrogen (secondary N) is 1. The number of likely N-dealkylation sites (tertiary alicyclic amines) is 1. The monoisotopic (exact) mass is 246 g/mol. The zero-order valence-corrected chi connectivity index (χ0v) is 11.5. The molecule has 0 spiro atoms. The van der Waals surface area contributed by atoms with Crippen LogP contribution in [0.2, 0.25) is 0 Å². The Labute approximate surface area is 109 Å². The molecule has 1 aromatic carbocycles. The number of rotatable bonds is 3. The summed E-state index contributed by atoms with van der Waals surface area (Å²) in [4.78, 5) is 14.6. The molecule has 1 heterocycles. The first-order chi connectivity index (χ1) is 8.61. The molecule has 0 radical (unpaired) electrons. The van der Waals surface area contributed by atoms with Gasteiger partial charge in [0.25, 0.3) is 5.91 Å². The van der Waals surface area contributed by atoms with Crippen LogP contribution in [0.5, 0.6) is 0 Å². The minimum Gasteiger partial charge on any atom is -0.334 e. The maximum Gasteiger partial charge on any atom is 0.254 e. The molecule has 1 fully saturated rings. The smallest absolute Gasteiger partial charge is 0.254 e. The number of carbonyl (C=O) groups excluding carboxylic acids is 1. The highest BCUT2D eigenvalue weighted by atomic mass is 16.2. The molecule has 0 aliphatic carbocycles. The van der Waals surface area contributed by atoms with Crippen molar-refractivity contribution < 1.29 is 4.79 Å². The fourth-order valence-electron chi connectivity index (χ4n) is 2.81. The first-order valence-electron chi connectivity index (χ1n) is 6.65. The van der Waals surface area contributed by atoms with Crippen LogP contribution in [0.25, 0.3) is 0 Å². The summed E-state index contributed by atoms with van der Waals surface area (Å²) in [6.07, 6.45) is 2.22. The van der Waals surface area contributed by atoms with Crippen molar-refractivity contribution in [2.75, 3.05) is 20.1 Å². The molecule has 0 saturated carbocycles. The topological polar surface area (TPSA) is 32.3 Å². The molecular formula is C15H22N2O. The van der Waals surface area contributed by atoms with E-state index in [0.29, 0.717) is 6.04 Å². The van der Waals surface area contributed by atoms with Gasteiger partial charge in [-0.2, -0.15) is 0 Å². The number of hydrogen-bond acceptors (Lipinski definition) is 2. The molecule has 3 heteroatoms. The third-order valence-corrected chi connectivity index (χ3v) is 3.55. The van der Waals surface area contributed by atoms with Crippen molar-refractivity contribution in [3.63, 3.8) is 0 Å². The van der Waals surface area contributed by atoms with Crippen LogP contribution in [0.1, 0.15) is 34.3 Å². The molecule has 1 N–H and O–H groups in total. The Balaban J connectivity index is 2.19. The van der Waals surface area contributed by atoms with Gasteiger partial charge in [0.15, 0.2) is 0 Å². The van der Waals surface area contributed by atoms with Crippen molar-refractivity contribution in [2.24, 2.45) is 0 Å². The Kier molecular flexibility index (Phi) is 4.02. The summed E-state index contributed by atoms with van der Waals surface area (Å²) >= 11 is 0. The third-order valence-electron chi connectivity index (χ3n) is 3.55. The molecule has 0 aromatic heterocycles. The highest BCUT2D eigenvalue weighted by Gasteiger charge is 2.28. The number of likely N-dealkylation sites (N-methyl/N-ethyl adjacent to an activating group) is 1. The zero-order chi connectivity index (χ0) is 13.1. The second-order valence-electron chi connectivity index (χ2n) is 5.23. The summed E-state index contributed by atoms with van der Waals surface area (Å²) in [6, 6.07) is 6.43. The van der Waals surface area contributed by atoms with Gasteiger partial charge in [0.1, 0.15) is 0 Å². The normalized spacial score (nSPS) is 19.3. The number of nitrogens with zero attached hydrogens (tertiary/aromatic N) is 1. The van der Waals surface area contributed by atoms with Crippen molar-refractivity contribution in [3.05, 3.63) is 34.9 Å². The maximum atomic E-state index is 12.5. The average molecular weight is 246 g/mol. The van der Waals surface area contributed by atoms with Crippen molar-refractivity contribution in [2.45, 2.75) is 32.7 Å². The predicted octanol–water partition coefficient (Wildman–Crippen LogP) is 2.13. The first-order valence-corrected chi connectivity index (χ1v) is 6.65. The van der Waals surface area contributed by atoms with Gasteiger partial charge in [0.05, 0.1) is 0 Å². The lowest BCUT2D eigenvalue weighted by atomic mass is 10.1. The highest BCUT2D eigenvalue weighted by molar-refractivity contribution is 5.95. The number of aryl methyl sites for hydroxylation is 2. The van der Waals surface area contributed by atoms with Gasteiger partial charge in [-0.15, -0.1) is 0 Å². The molecular weight excluding hydrogens is 224 g/mol. The molecule has 1 aromatic rings. The SMILES string of the molecule is CNCC1CCCN1C(=O)c1cc(C)cc(C)c1. The van der Waals surface area contributed by atoms with E-state index in [-0.39, 0.29) is 5.91 Å². The Morgan fingerprint density at radius 1 is 1.33 bits per heavy atom. The minimum absolute atomic E-state index is 0.180. The Hall–Kier alpha value is -1.35. The van der Waals surface area contributed by atoms with E-state index in [0.717, 1.165) is 42.6 Å². The fourth-order valence-corrected chi connectivity index (χ4v) is 2.81.